The molecule has 5 nitrogen and oxygen atoms in total. The van der Waals surface area contributed by atoms with Crippen LogP contribution in [0.4, 0.5) is 0 Å². The van der Waals surface area contributed by atoms with Crippen molar-refractivity contribution in [3.63, 3.8) is 0 Å². The zero-order valence-corrected chi connectivity index (χ0v) is 18.5. The molecule has 0 aliphatic heterocycles. The maximum absolute atomic E-state index is 13.0. The van der Waals surface area contributed by atoms with E-state index in [0.717, 1.165) is 23.2 Å². The summed E-state index contributed by atoms with van der Waals surface area (Å²) >= 11 is 1.47. The number of aromatic nitrogens is 2. The van der Waals surface area contributed by atoms with Crippen molar-refractivity contribution in [1.29, 1.82) is 0 Å². The molecule has 1 aromatic heterocycles. The number of aryl methyl sites for hydroxylation is 1. The van der Waals surface area contributed by atoms with Gasteiger partial charge in [0, 0.05) is 42.6 Å². The van der Waals surface area contributed by atoms with Crippen molar-refractivity contribution in [1.82, 2.24) is 14.9 Å². The highest BCUT2D eigenvalue weighted by Crippen LogP contribution is 2.23. The van der Waals surface area contributed by atoms with Gasteiger partial charge in [-0.15, -0.1) is 0 Å². The molecule has 0 atom stereocenters. The van der Waals surface area contributed by atoms with Crippen LogP contribution in [0.2, 0.25) is 0 Å². The Balaban J connectivity index is 1.80. The third-order valence-electron chi connectivity index (χ3n) is 4.93. The first-order chi connectivity index (χ1) is 14.5. The molecule has 0 radical (unpaired) electrons. The van der Waals surface area contributed by atoms with E-state index in [0.29, 0.717) is 35.0 Å². The molecule has 3 rings (SSSR count). The third-order valence-corrected chi connectivity index (χ3v) is 6.01. The molecule has 0 unspecified atom stereocenters. The Kier molecular flexibility index (Phi) is 7.46. The molecular weight excluding hydrogens is 394 g/mol. The average molecular weight is 422 g/mol. The summed E-state index contributed by atoms with van der Waals surface area (Å²) in [5.41, 5.74) is 4.12. The number of benzene rings is 2. The van der Waals surface area contributed by atoms with Crippen LogP contribution in [0.15, 0.2) is 64.5 Å². The van der Waals surface area contributed by atoms with E-state index in [2.05, 4.69) is 5.32 Å². The van der Waals surface area contributed by atoms with Gasteiger partial charge >= 0.3 is 0 Å². The predicted octanol–water partition coefficient (Wildman–Crippen LogP) is 4.11. The molecule has 1 N–H and O–H groups in total. The van der Waals surface area contributed by atoms with Crippen LogP contribution in [0.1, 0.15) is 46.1 Å². The quantitative estimate of drug-likeness (QED) is 0.439. The fourth-order valence-corrected chi connectivity index (χ4v) is 4.22. The van der Waals surface area contributed by atoms with Crippen molar-refractivity contribution in [3.05, 3.63) is 92.9 Å². The Labute approximate surface area is 181 Å². The van der Waals surface area contributed by atoms with E-state index >= 15 is 0 Å². The predicted molar refractivity (Wildman–Crippen MR) is 122 cm³/mol. The van der Waals surface area contributed by atoms with Crippen molar-refractivity contribution in [2.75, 3.05) is 6.54 Å². The number of nitrogens with zero attached hydrogens (tertiary/aromatic N) is 2. The van der Waals surface area contributed by atoms with E-state index in [-0.39, 0.29) is 11.5 Å². The van der Waals surface area contributed by atoms with Crippen molar-refractivity contribution >= 4 is 17.7 Å². The summed E-state index contributed by atoms with van der Waals surface area (Å²) in [6.45, 7) is 4.56. The summed E-state index contributed by atoms with van der Waals surface area (Å²) < 4.78 is 1.61. The van der Waals surface area contributed by atoms with E-state index in [1.165, 1.54) is 11.8 Å². The molecule has 0 saturated heterocycles. The largest absolute Gasteiger partial charge is 0.352 e. The van der Waals surface area contributed by atoms with E-state index < -0.39 is 0 Å². The Morgan fingerprint density at radius 1 is 1.10 bits per heavy atom. The summed E-state index contributed by atoms with van der Waals surface area (Å²) in [5.74, 6) is 0.497. The van der Waals surface area contributed by atoms with Crippen molar-refractivity contribution in [3.8, 4) is 0 Å². The monoisotopic (exact) mass is 421 g/mol. The van der Waals surface area contributed by atoms with E-state index in [9.17, 15) is 9.59 Å². The van der Waals surface area contributed by atoms with Crippen LogP contribution in [0, 0.1) is 6.92 Å². The number of amides is 1. The molecule has 1 amide bonds. The van der Waals surface area contributed by atoms with Gasteiger partial charge in [0.2, 0.25) is 0 Å². The number of nitrogens with one attached hydrogen (secondary N) is 1. The first kappa shape index (κ1) is 21.8. The summed E-state index contributed by atoms with van der Waals surface area (Å²) in [7, 11) is 1.76. The molecular formula is C24H27N3O2S. The van der Waals surface area contributed by atoms with Gasteiger partial charge in [-0.1, -0.05) is 67.2 Å². The molecule has 1 heterocycles. The highest BCUT2D eigenvalue weighted by Gasteiger charge is 2.15. The SMILES string of the molecule is CCCNC(=O)c1ccccc1CSc1nc(C)c(Cc2ccccc2)c(=O)n1C. The van der Waals surface area contributed by atoms with E-state index in [4.69, 9.17) is 4.98 Å². The van der Waals surface area contributed by atoms with Crippen LogP contribution in [-0.4, -0.2) is 22.0 Å². The minimum Gasteiger partial charge on any atom is -0.352 e. The Morgan fingerprint density at radius 3 is 2.53 bits per heavy atom. The number of hydrogen-bond donors (Lipinski definition) is 1. The molecule has 3 aromatic rings. The van der Waals surface area contributed by atoms with Gasteiger partial charge in [-0.05, 0) is 30.5 Å². The molecule has 156 valence electrons. The van der Waals surface area contributed by atoms with Gasteiger partial charge in [-0.3, -0.25) is 14.2 Å². The third kappa shape index (κ3) is 5.19. The smallest absolute Gasteiger partial charge is 0.257 e. The lowest BCUT2D eigenvalue weighted by molar-refractivity contribution is 0.0953. The van der Waals surface area contributed by atoms with Gasteiger partial charge in [-0.25, -0.2) is 4.98 Å². The summed E-state index contributed by atoms with van der Waals surface area (Å²) in [5, 5.41) is 3.58. The highest BCUT2D eigenvalue weighted by molar-refractivity contribution is 7.98. The van der Waals surface area contributed by atoms with Gasteiger partial charge in [0.1, 0.15) is 0 Å². The van der Waals surface area contributed by atoms with Gasteiger partial charge < -0.3 is 5.32 Å². The van der Waals surface area contributed by atoms with Gasteiger partial charge in [0.05, 0.1) is 0 Å². The van der Waals surface area contributed by atoms with E-state index in [1.54, 1.807) is 11.6 Å². The lowest BCUT2D eigenvalue weighted by Crippen LogP contribution is -2.26. The lowest BCUT2D eigenvalue weighted by Gasteiger charge is -2.13. The first-order valence-electron chi connectivity index (χ1n) is 10.1. The highest BCUT2D eigenvalue weighted by atomic mass is 32.2. The minimum atomic E-state index is -0.0655. The van der Waals surface area contributed by atoms with Crippen LogP contribution in [0.3, 0.4) is 0 Å². The number of hydrogen-bond acceptors (Lipinski definition) is 4. The number of rotatable bonds is 8. The Hall–Kier alpha value is -2.86. The normalized spacial score (nSPS) is 10.8. The van der Waals surface area contributed by atoms with Crippen molar-refractivity contribution < 1.29 is 4.79 Å². The van der Waals surface area contributed by atoms with Crippen LogP contribution in [0.25, 0.3) is 0 Å². The number of carbonyl (C=O) groups is 1. The molecule has 30 heavy (non-hydrogen) atoms. The van der Waals surface area contributed by atoms with Crippen LogP contribution >= 0.6 is 11.8 Å². The lowest BCUT2D eigenvalue weighted by atomic mass is 10.1. The standard InChI is InChI=1S/C24H27N3O2S/c1-4-14-25-22(28)20-13-9-8-12-19(20)16-30-24-26-17(2)21(23(29)27(24)3)15-18-10-6-5-7-11-18/h5-13H,4,14-16H2,1-3H3,(H,25,28). The summed E-state index contributed by atoms with van der Waals surface area (Å²) in [6.07, 6.45) is 1.46. The maximum atomic E-state index is 13.0. The van der Waals surface area contributed by atoms with Crippen LogP contribution in [0.5, 0.6) is 0 Å². The molecule has 0 fully saturated rings. The second kappa shape index (κ2) is 10.3. The first-order valence-corrected chi connectivity index (χ1v) is 11.1. The van der Waals surface area contributed by atoms with Crippen molar-refractivity contribution in [2.24, 2.45) is 7.05 Å². The Morgan fingerprint density at radius 2 is 1.80 bits per heavy atom. The van der Waals surface area contributed by atoms with E-state index in [1.807, 2.05) is 68.4 Å². The molecule has 6 heteroatoms. The van der Waals surface area contributed by atoms with Crippen molar-refractivity contribution in [2.45, 2.75) is 37.6 Å². The second-order valence-electron chi connectivity index (χ2n) is 7.19. The number of carbonyl (C=O) groups excluding carboxylic acids is 1. The van der Waals surface area contributed by atoms with Gasteiger partial charge in [-0.2, -0.15) is 0 Å². The topological polar surface area (TPSA) is 64.0 Å². The fourth-order valence-electron chi connectivity index (χ4n) is 3.21. The van der Waals surface area contributed by atoms with Gasteiger partial charge in [0.25, 0.3) is 11.5 Å². The molecule has 0 aliphatic carbocycles. The summed E-state index contributed by atoms with van der Waals surface area (Å²) in [4.78, 5) is 30.1. The second-order valence-corrected chi connectivity index (χ2v) is 8.13. The fraction of sp³-hybridized carbons (Fsp3) is 0.292. The number of thioether (sulfide) groups is 1. The zero-order chi connectivity index (χ0) is 21.5. The molecule has 0 spiro atoms. The Bertz CT molecular complexity index is 1080. The zero-order valence-electron chi connectivity index (χ0n) is 17.6. The van der Waals surface area contributed by atoms with Gasteiger partial charge in [0.15, 0.2) is 5.16 Å². The molecule has 0 aliphatic rings. The maximum Gasteiger partial charge on any atom is 0.257 e. The van der Waals surface area contributed by atoms with Crippen LogP contribution < -0.4 is 10.9 Å². The molecule has 2 aromatic carbocycles. The molecule has 0 bridgehead atoms. The minimum absolute atomic E-state index is 0.0252. The van der Waals surface area contributed by atoms with Crippen LogP contribution in [-0.2, 0) is 19.2 Å². The average Bonchev–Trinajstić information content (AvgIpc) is 2.77. The summed E-state index contributed by atoms with van der Waals surface area (Å²) in [6, 6.07) is 17.5. The molecule has 0 saturated carbocycles.